The average Bonchev–Trinajstić information content (AvgIpc) is 2.86. The third kappa shape index (κ3) is 7.19. The highest BCUT2D eigenvalue weighted by molar-refractivity contribution is 5.98. The maximum absolute atomic E-state index is 12.4. The third-order valence-electron chi connectivity index (χ3n) is 6.09. The van der Waals surface area contributed by atoms with Crippen LogP contribution in [0, 0.1) is 12.8 Å². The van der Waals surface area contributed by atoms with E-state index in [1.165, 1.54) is 12.3 Å². The Bertz CT molecular complexity index is 1120. The van der Waals surface area contributed by atoms with Gasteiger partial charge in [-0.25, -0.2) is 4.98 Å². The summed E-state index contributed by atoms with van der Waals surface area (Å²) in [5.74, 6) is -0.827. The molecule has 36 heavy (non-hydrogen) atoms. The highest BCUT2D eigenvalue weighted by Crippen LogP contribution is 2.32. The molecule has 4 N–H and O–H groups in total. The van der Waals surface area contributed by atoms with E-state index in [1.54, 1.807) is 18.2 Å². The Labute approximate surface area is 209 Å². The summed E-state index contributed by atoms with van der Waals surface area (Å²) in [4.78, 5) is 45.0. The summed E-state index contributed by atoms with van der Waals surface area (Å²) in [6.07, 6.45) is 6.11. The van der Waals surface area contributed by atoms with Crippen molar-refractivity contribution in [3.63, 3.8) is 0 Å². The molecule has 1 aliphatic carbocycles. The van der Waals surface area contributed by atoms with E-state index in [9.17, 15) is 14.4 Å². The number of hydrogen-bond acceptors (Lipinski definition) is 9. The summed E-state index contributed by atoms with van der Waals surface area (Å²) in [6.45, 7) is 5.17. The van der Waals surface area contributed by atoms with E-state index >= 15 is 0 Å². The summed E-state index contributed by atoms with van der Waals surface area (Å²) < 4.78 is 11.3. The molecule has 0 saturated heterocycles. The van der Waals surface area contributed by atoms with Crippen molar-refractivity contribution in [1.29, 1.82) is 0 Å². The van der Waals surface area contributed by atoms with Gasteiger partial charge in [-0.3, -0.25) is 14.4 Å². The topological polar surface area (TPSA) is 154 Å². The fraction of sp³-hybridized carbons (Fsp3) is 0.423. The molecule has 10 heteroatoms. The normalized spacial score (nSPS) is 17.3. The van der Waals surface area contributed by atoms with Crippen molar-refractivity contribution < 1.29 is 29.0 Å². The molecule has 1 heterocycles. The number of nitrogens with one attached hydrogen (secondary N) is 1. The predicted octanol–water partition coefficient (Wildman–Crippen LogP) is 2.90. The first-order valence-corrected chi connectivity index (χ1v) is 11.9. The molecular formula is C26H32N4O6. The number of aliphatic hydroxyl groups is 1. The number of carbonyl (C=O) groups excluding carboxylic acids is 3. The van der Waals surface area contributed by atoms with E-state index in [0.29, 0.717) is 17.7 Å². The largest absolute Gasteiger partial charge is 0.473 e. The zero-order chi connectivity index (χ0) is 26.1. The number of ketones is 2. The molecule has 3 rings (SSSR count). The molecular weight excluding hydrogens is 464 g/mol. The number of Topliss-reactive ketones (excluding diaryl/α,β-unsaturated/α-hetero) is 1. The highest BCUT2D eigenvalue weighted by Gasteiger charge is 2.30. The number of rotatable bonds is 13. The average molecular weight is 497 g/mol. The van der Waals surface area contributed by atoms with Gasteiger partial charge in [0, 0.05) is 29.8 Å². The minimum absolute atomic E-state index is 0.0191. The summed E-state index contributed by atoms with van der Waals surface area (Å²) in [7, 11) is 0. The molecule has 2 atom stereocenters. The molecule has 1 saturated carbocycles. The van der Waals surface area contributed by atoms with Crippen LogP contribution in [0.4, 0.5) is 11.6 Å². The summed E-state index contributed by atoms with van der Waals surface area (Å²) in [6, 6.07) is 5.12. The van der Waals surface area contributed by atoms with Crippen LogP contribution in [0.2, 0.25) is 0 Å². The molecule has 0 bridgehead atoms. The minimum Gasteiger partial charge on any atom is -0.473 e. The molecule has 0 radical (unpaired) electrons. The summed E-state index contributed by atoms with van der Waals surface area (Å²) in [5.41, 5.74) is 7.42. The number of aliphatic hydroxyl groups excluding tert-OH is 1. The lowest BCUT2D eigenvalue weighted by Crippen LogP contribution is -2.33. The van der Waals surface area contributed by atoms with Gasteiger partial charge in [0.15, 0.2) is 11.6 Å². The molecule has 1 aliphatic rings. The number of amides is 1. The van der Waals surface area contributed by atoms with Crippen LogP contribution in [0.5, 0.6) is 5.88 Å². The van der Waals surface area contributed by atoms with E-state index in [2.05, 4.69) is 21.9 Å². The van der Waals surface area contributed by atoms with Crippen LogP contribution in [0.25, 0.3) is 0 Å². The number of nitrogens with two attached hydrogens (primary N) is 1. The molecule has 1 aromatic carbocycles. The number of benzene rings is 1. The van der Waals surface area contributed by atoms with E-state index in [1.807, 2.05) is 6.92 Å². The zero-order valence-electron chi connectivity index (χ0n) is 20.4. The predicted molar refractivity (Wildman–Crippen MR) is 133 cm³/mol. The molecule has 1 aromatic heterocycles. The smallest absolute Gasteiger partial charge is 0.255 e. The minimum atomic E-state index is -0.724. The first-order valence-electron chi connectivity index (χ1n) is 11.9. The van der Waals surface area contributed by atoms with Gasteiger partial charge in [0.05, 0.1) is 13.2 Å². The van der Waals surface area contributed by atoms with Crippen molar-refractivity contribution >= 4 is 29.1 Å². The lowest BCUT2D eigenvalue weighted by Gasteiger charge is -2.31. The van der Waals surface area contributed by atoms with Gasteiger partial charge in [0.25, 0.3) is 5.91 Å². The molecule has 10 nitrogen and oxygen atoms in total. The van der Waals surface area contributed by atoms with Crippen molar-refractivity contribution in [2.24, 2.45) is 11.7 Å². The van der Waals surface area contributed by atoms with Gasteiger partial charge >= 0.3 is 0 Å². The van der Waals surface area contributed by atoms with Crippen molar-refractivity contribution in [2.45, 2.75) is 45.1 Å². The van der Waals surface area contributed by atoms with Crippen LogP contribution in [0.1, 0.15) is 58.4 Å². The van der Waals surface area contributed by atoms with Crippen molar-refractivity contribution in [3.8, 4) is 5.88 Å². The zero-order valence-corrected chi connectivity index (χ0v) is 20.4. The SMILES string of the molecule is C=CC(=O)CC1CCCCC1Oc1nc(Nc2cc(C(=O)COCCO)ccc2C)ncc1C(N)=O. The Balaban J connectivity index is 1.83. The van der Waals surface area contributed by atoms with Gasteiger partial charge in [0.2, 0.25) is 11.8 Å². The second-order valence-corrected chi connectivity index (χ2v) is 8.71. The van der Waals surface area contributed by atoms with Crippen LogP contribution < -0.4 is 15.8 Å². The van der Waals surface area contributed by atoms with Gasteiger partial charge in [-0.05, 0) is 43.9 Å². The van der Waals surface area contributed by atoms with Gasteiger partial charge < -0.3 is 25.6 Å². The molecule has 2 unspecified atom stereocenters. The number of hydrogen-bond donors (Lipinski definition) is 3. The lowest BCUT2D eigenvalue weighted by molar-refractivity contribution is -0.116. The molecule has 1 amide bonds. The number of aromatic nitrogens is 2. The number of anilines is 2. The Morgan fingerprint density at radius 1 is 1.28 bits per heavy atom. The fourth-order valence-electron chi connectivity index (χ4n) is 4.10. The van der Waals surface area contributed by atoms with Crippen LogP contribution in [0.3, 0.4) is 0 Å². The number of nitrogens with zero attached hydrogens (tertiary/aromatic N) is 2. The second kappa shape index (κ2) is 12.9. The monoisotopic (exact) mass is 496 g/mol. The molecule has 0 aliphatic heterocycles. The fourth-order valence-corrected chi connectivity index (χ4v) is 4.10. The Morgan fingerprint density at radius 3 is 2.78 bits per heavy atom. The summed E-state index contributed by atoms with van der Waals surface area (Å²) in [5, 5.41) is 11.9. The maximum Gasteiger partial charge on any atom is 0.255 e. The van der Waals surface area contributed by atoms with Crippen molar-refractivity contribution in [2.75, 3.05) is 25.1 Å². The van der Waals surface area contributed by atoms with Gasteiger partial charge in [-0.1, -0.05) is 25.1 Å². The number of carbonyl (C=O) groups is 3. The lowest BCUT2D eigenvalue weighted by atomic mass is 9.83. The van der Waals surface area contributed by atoms with E-state index in [4.69, 9.17) is 20.3 Å². The van der Waals surface area contributed by atoms with Crippen LogP contribution in [-0.4, -0.2) is 58.5 Å². The first-order chi connectivity index (χ1) is 17.3. The molecule has 2 aromatic rings. The number of allylic oxidation sites excluding steroid dienone is 1. The van der Waals surface area contributed by atoms with Gasteiger partial charge in [-0.2, -0.15) is 4.98 Å². The van der Waals surface area contributed by atoms with E-state index < -0.39 is 5.91 Å². The third-order valence-corrected chi connectivity index (χ3v) is 6.09. The van der Waals surface area contributed by atoms with Gasteiger partial charge in [-0.15, -0.1) is 0 Å². The Hall–Kier alpha value is -3.63. The van der Waals surface area contributed by atoms with E-state index in [-0.39, 0.29) is 60.8 Å². The van der Waals surface area contributed by atoms with Crippen LogP contribution >= 0.6 is 0 Å². The Morgan fingerprint density at radius 2 is 2.06 bits per heavy atom. The summed E-state index contributed by atoms with van der Waals surface area (Å²) >= 11 is 0. The van der Waals surface area contributed by atoms with Crippen molar-refractivity contribution in [3.05, 3.63) is 53.7 Å². The van der Waals surface area contributed by atoms with Gasteiger partial charge in [0.1, 0.15) is 18.3 Å². The molecule has 1 fully saturated rings. The van der Waals surface area contributed by atoms with Crippen molar-refractivity contribution in [1.82, 2.24) is 9.97 Å². The first kappa shape index (κ1) is 27.0. The highest BCUT2D eigenvalue weighted by atomic mass is 16.5. The molecule has 192 valence electrons. The van der Waals surface area contributed by atoms with E-state index in [0.717, 1.165) is 31.2 Å². The molecule has 0 spiro atoms. The quantitative estimate of drug-likeness (QED) is 0.216. The van der Waals surface area contributed by atoms with Crippen LogP contribution in [-0.2, 0) is 9.53 Å². The second-order valence-electron chi connectivity index (χ2n) is 8.71. The number of aryl methyl sites for hydroxylation is 1. The number of ether oxygens (including phenoxy) is 2. The maximum atomic E-state index is 12.4. The standard InChI is InChI=1S/C26H32N4O6/c1-3-19(32)12-18-6-4-5-7-23(18)36-25-20(24(27)34)14-28-26(30-25)29-21-13-17(9-8-16(21)2)22(33)15-35-11-10-31/h3,8-9,13-14,18,23,31H,1,4-7,10-12,15H2,2H3,(H2,27,34)(H,28,29,30). The number of primary amides is 1. The van der Waals surface area contributed by atoms with Crippen LogP contribution in [0.15, 0.2) is 37.1 Å². The Kier molecular flexibility index (Phi) is 9.66.